The molecule has 0 saturated carbocycles. The van der Waals surface area contributed by atoms with Crippen molar-refractivity contribution in [2.45, 2.75) is 164 Å². The SMILES string of the molecule is CCCCCCc1cccc(C(=C(CCCC)C(=C=[N+]=[N-])CCCCC)c2cccc(CCCC)c2)c1.CCCC[O][Ni][O]CCCC. The van der Waals surface area contributed by atoms with Crippen LogP contribution in [0.1, 0.15) is 173 Å². The summed E-state index contributed by atoms with van der Waals surface area (Å²) in [6.45, 7) is 14.9. The molecule has 0 heterocycles. The summed E-state index contributed by atoms with van der Waals surface area (Å²) >= 11 is 0.968. The third-order valence-electron chi connectivity index (χ3n) is 8.43. The third kappa shape index (κ3) is 19.7. The third-order valence-corrected chi connectivity index (χ3v) is 9.07. The molecule has 272 valence electrons. The Labute approximate surface area is 302 Å². The van der Waals surface area contributed by atoms with Gasteiger partial charge in [-0.05, 0) is 84.8 Å². The standard InChI is InChI=1S/C35H50N2.2C4H9O.Ni/c1-5-9-13-15-19-30-21-17-24-32(27-30)35(31-23-16-20-29(26-31)18-11-7-3)34(25-12-8-4)33(28-37-36)22-14-10-6-2;2*1-2-3-4-5;/h16-17,20-21,23-24,26-27H,5-15,18-19,22,25H2,1-4H3;2*2-4H2,1H3;/q;2*-1;+2. The molecule has 0 saturated heterocycles. The van der Waals surface area contributed by atoms with Gasteiger partial charge in [0.1, 0.15) is 0 Å². The number of unbranched alkanes of at least 4 members (excludes halogenated alkanes) is 9. The molecule has 0 radical (unpaired) electrons. The molecule has 0 unspecified atom stereocenters. The van der Waals surface area contributed by atoms with Crippen LogP contribution < -0.4 is 0 Å². The Morgan fingerprint density at radius 1 is 0.604 bits per heavy atom. The van der Waals surface area contributed by atoms with E-state index in [-0.39, 0.29) is 0 Å². The molecule has 5 heteroatoms. The average molecular weight is 704 g/mol. The van der Waals surface area contributed by atoms with Crippen molar-refractivity contribution < 1.29 is 27.6 Å². The number of hydrogen-bond acceptors (Lipinski definition) is 2. The number of aryl methyl sites for hydroxylation is 2. The van der Waals surface area contributed by atoms with Gasteiger partial charge in [-0.25, -0.2) is 0 Å². The van der Waals surface area contributed by atoms with Crippen molar-refractivity contribution >= 4 is 11.4 Å². The second kappa shape index (κ2) is 30.8. The van der Waals surface area contributed by atoms with Crippen LogP contribution in [-0.4, -0.2) is 23.9 Å². The molecule has 0 aliphatic heterocycles. The van der Waals surface area contributed by atoms with Crippen molar-refractivity contribution in [1.82, 2.24) is 0 Å². The van der Waals surface area contributed by atoms with E-state index in [1.165, 1.54) is 97.6 Å². The number of hydrogen-bond donors (Lipinski definition) is 0. The van der Waals surface area contributed by atoms with Crippen LogP contribution in [0, 0.1) is 0 Å². The van der Waals surface area contributed by atoms with E-state index in [4.69, 9.17) is 7.76 Å². The fourth-order valence-corrected chi connectivity index (χ4v) is 6.07. The normalized spacial score (nSPS) is 11.4. The van der Waals surface area contributed by atoms with Gasteiger partial charge < -0.3 is 5.53 Å². The van der Waals surface area contributed by atoms with E-state index in [1.807, 2.05) is 0 Å². The Hall–Kier alpha value is -2.25. The number of allylic oxidation sites excluding steroid dienone is 2. The molecule has 0 spiro atoms. The Bertz CT molecular complexity index is 1200. The maximum atomic E-state index is 9.59. The van der Waals surface area contributed by atoms with Gasteiger partial charge in [-0.3, -0.25) is 0 Å². The molecule has 2 aromatic carbocycles. The summed E-state index contributed by atoms with van der Waals surface area (Å²) in [5, 5.41) is 0. The van der Waals surface area contributed by atoms with Gasteiger partial charge in [0, 0.05) is 0 Å². The monoisotopic (exact) mass is 702 g/mol. The minimum atomic E-state index is 0.808. The van der Waals surface area contributed by atoms with E-state index in [9.17, 15) is 5.53 Å². The minimum absolute atomic E-state index is 0.808. The van der Waals surface area contributed by atoms with Gasteiger partial charge in [0.05, 0.1) is 5.57 Å². The molecular formula is C43H68N2NiO2. The number of nitrogens with zero attached hydrogens (tertiary/aromatic N) is 2. The van der Waals surface area contributed by atoms with Crippen LogP contribution in [0.3, 0.4) is 0 Å². The number of rotatable bonds is 26. The summed E-state index contributed by atoms with van der Waals surface area (Å²) in [6, 6.07) is 18.3. The number of benzene rings is 2. The first kappa shape index (κ1) is 43.8. The van der Waals surface area contributed by atoms with Crippen LogP contribution in [0.4, 0.5) is 0 Å². The predicted molar refractivity (Wildman–Crippen MR) is 203 cm³/mol. The summed E-state index contributed by atoms with van der Waals surface area (Å²) in [4.78, 5) is 3.43. The molecule has 2 rings (SSSR count). The predicted octanol–water partition coefficient (Wildman–Crippen LogP) is 13.1. The van der Waals surface area contributed by atoms with Crippen molar-refractivity contribution in [2.75, 3.05) is 13.2 Å². The van der Waals surface area contributed by atoms with E-state index < -0.39 is 0 Å². The molecule has 0 aliphatic rings. The molecule has 0 amide bonds. The van der Waals surface area contributed by atoms with Gasteiger partial charge in [0.2, 0.25) is 0 Å². The maximum absolute atomic E-state index is 9.59. The molecule has 0 atom stereocenters. The van der Waals surface area contributed by atoms with Crippen LogP contribution in [0.15, 0.2) is 59.7 Å². The van der Waals surface area contributed by atoms with Crippen molar-refractivity contribution in [3.63, 3.8) is 0 Å². The van der Waals surface area contributed by atoms with E-state index in [1.54, 1.807) is 0 Å². The zero-order valence-electron chi connectivity index (χ0n) is 31.5. The molecule has 2 aromatic rings. The zero-order valence-corrected chi connectivity index (χ0v) is 32.5. The van der Waals surface area contributed by atoms with Crippen LogP contribution in [0.5, 0.6) is 0 Å². The average Bonchev–Trinajstić information content (AvgIpc) is 3.11. The summed E-state index contributed by atoms with van der Waals surface area (Å²) < 4.78 is 10.3. The van der Waals surface area contributed by atoms with Gasteiger partial charge in [-0.2, -0.15) is 0 Å². The fourth-order valence-electron chi connectivity index (χ4n) is 5.54. The Kier molecular flexibility index (Phi) is 28.1. The summed E-state index contributed by atoms with van der Waals surface area (Å²) in [5.74, 6) is 3.02. The molecule has 0 aliphatic carbocycles. The van der Waals surface area contributed by atoms with Crippen molar-refractivity contribution in [2.24, 2.45) is 0 Å². The van der Waals surface area contributed by atoms with Crippen molar-refractivity contribution in [1.29, 1.82) is 0 Å². The van der Waals surface area contributed by atoms with E-state index in [0.717, 1.165) is 91.7 Å². The quantitative estimate of drug-likeness (QED) is 0.0245. The van der Waals surface area contributed by atoms with Crippen LogP contribution in [0.25, 0.3) is 11.1 Å². The topological polar surface area (TPSA) is 54.9 Å². The molecule has 4 nitrogen and oxygen atoms in total. The van der Waals surface area contributed by atoms with Crippen LogP contribution in [-0.2, 0) is 35.7 Å². The molecule has 0 aromatic heterocycles. The van der Waals surface area contributed by atoms with E-state index in [2.05, 4.69) is 101 Å². The van der Waals surface area contributed by atoms with Gasteiger partial charge in [-0.15, -0.1) is 4.79 Å². The van der Waals surface area contributed by atoms with E-state index >= 15 is 0 Å². The Morgan fingerprint density at radius 2 is 1.12 bits per heavy atom. The summed E-state index contributed by atoms with van der Waals surface area (Å²) in [5.41, 5.74) is 18.6. The molecule has 48 heavy (non-hydrogen) atoms. The molecule has 0 N–H and O–H groups in total. The van der Waals surface area contributed by atoms with Gasteiger partial charge in [0.15, 0.2) is 0 Å². The summed E-state index contributed by atoms with van der Waals surface area (Å²) in [7, 11) is 0. The summed E-state index contributed by atoms with van der Waals surface area (Å²) in [6.07, 6.45) is 21.9. The van der Waals surface area contributed by atoms with Crippen molar-refractivity contribution in [3.8, 4) is 0 Å². The molecule has 0 bridgehead atoms. The van der Waals surface area contributed by atoms with Gasteiger partial charge in [-0.1, -0.05) is 121 Å². The van der Waals surface area contributed by atoms with Gasteiger partial charge >= 0.3 is 81.5 Å². The molecular weight excluding hydrogens is 635 g/mol. The second-order valence-electron chi connectivity index (χ2n) is 12.8. The Balaban J connectivity index is 0.000000894. The fraction of sp³-hybridized carbons (Fsp3) is 0.628. The van der Waals surface area contributed by atoms with Crippen LogP contribution >= 0.6 is 0 Å². The second-order valence-corrected chi connectivity index (χ2v) is 13.5. The first-order valence-electron chi connectivity index (χ1n) is 19.3. The van der Waals surface area contributed by atoms with Crippen LogP contribution in [0.2, 0.25) is 0 Å². The first-order valence-corrected chi connectivity index (χ1v) is 20.1. The van der Waals surface area contributed by atoms with Crippen molar-refractivity contribution in [3.05, 3.63) is 87.5 Å². The van der Waals surface area contributed by atoms with E-state index in [0.29, 0.717) is 0 Å². The first-order chi connectivity index (χ1) is 23.6. The van der Waals surface area contributed by atoms with Gasteiger partial charge in [0.25, 0.3) is 0 Å². The zero-order chi connectivity index (χ0) is 35.1. The Morgan fingerprint density at radius 3 is 1.65 bits per heavy atom. The molecule has 0 fully saturated rings.